The number of rotatable bonds is 3. The number of hydrogen-bond donors (Lipinski definition) is 1. The number of fused-ring (bicyclic) bond motifs is 1. The van der Waals surface area contributed by atoms with Crippen molar-refractivity contribution in [3.8, 4) is 5.75 Å². The molecule has 0 aliphatic heterocycles. The third-order valence-corrected chi connectivity index (χ3v) is 4.08. The Balaban J connectivity index is 1.85. The SMILES string of the molecule is Cc1nc2cc(OCc3cccc(Cl)c3)c(N)cc2s1. The molecule has 0 saturated carbocycles. The van der Waals surface area contributed by atoms with E-state index in [4.69, 9.17) is 22.1 Å². The number of thiazole rings is 1. The van der Waals surface area contributed by atoms with Gasteiger partial charge in [-0.2, -0.15) is 0 Å². The summed E-state index contributed by atoms with van der Waals surface area (Å²) in [5.41, 5.74) is 8.57. The van der Waals surface area contributed by atoms with Crippen LogP contribution < -0.4 is 10.5 Å². The highest BCUT2D eigenvalue weighted by Gasteiger charge is 2.07. The van der Waals surface area contributed by atoms with E-state index in [1.165, 1.54) is 0 Å². The van der Waals surface area contributed by atoms with Crippen LogP contribution in [0.1, 0.15) is 10.6 Å². The van der Waals surface area contributed by atoms with Crippen LogP contribution in [0, 0.1) is 6.92 Å². The Bertz CT molecular complexity index is 770. The van der Waals surface area contributed by atoms with Crippen LogP contribution in [0.2, 0.25) is 5.02 Å². The van der Waals surface area contributed by atoms with Crippen molar-refractivity contribution in [3.63, 3.8) is 0 Å². The number of aryl methyl sites for hydroxylation is 1. The molecule has 0 saturated heterocycles. The van der Waals surface area contributed by atoms with Crippen molar-refractivity contribution in [2.45, 2.75) is 13.5 Å². The summed E-state index contributed by atoms with van der Waals surface area (Å²) in [6, 6.07) is 11.4. The van der Waals surface area contributed by atoms with Gasteiger partial charge in [-0.25, -0.2) is 4.98 Å². The van der Waals surface area contributed by atoms with E-state index < -0.39 is 0 Å². The van der Waals surface area contributed by atoms with Gasteiger partial charge in [0.2, 0.25) is 0 Å². The third-order valence-electron chi connectivity index (χ3n) is 2.91. The number of ether oxygens (including phenoxy) is 1. The van der Waals surface area contributed by atoms with E-state index >= 15 is 0 Å². The van der Waals surface area contributed by atoms with Crippen LogP contribution in [0.4, 0.5) is 5.69 Å². The van der Waals surface area contributed by atoms with Crippen molar-refractivity contribution in [3.05, 3.63) is 52.0 Å². The summed E-state index contributed by atoms with van der Waals surface area (Å²) < 4.78 is 6.85. The maximum atomic E-state index is 6.02. The van der Waals surface area contributed by atoms with Crippen LogP contribution in [-0.4, -0.2) is 4.98 Å². The zero-order valence-electron chi connectivity index (χ0n) is 10.9. The second-order valence-electron chi connectivity index (χ2n) is 4.51. The first-order valence-electron chi connectivity index (χ1n) is 6.16. The zero-order chi connectivity index (χ0) is 14.1. The van der Waals surface area contributed by atoms with Gasteiger partial charge in [-0.1, -0.05) is 23.7 Å². The molecule has 1 aromatic heterocycles. The van der Waals surface area contributed by atoms with Gasteiger partial charge in [0.1, 0.15) is 12.4 Å². The van der Waals surface area contributed by atoms with E-state index in [2.05, 4.69) is 4.98 Å². The van der Waals surface area contributed by atoms with Gasteiger partial charge in [-0.3, -0.25) is 0 Å². The molecule has 1 heterocycles. The Morgan fingerprint density at radius 1 is 1.30 bits per heavy atom. The van der Waals surface area contributed by atoms with Gasteiger partial charge < -0.3 is 10.5 Å². The second-order valence-corrected chi connectivity index (χ2v) is 6.18. The maximum Gasteiger partial charge on any atom is 0.144 e. The summed E-state index contributed by atoms with van der Waals surface area (Å²) in [6.07, 6.45) is 0. The number of nitrogens with zero attached hydrogens (tertiary/aromatic N) is 1. The second kappa shape index (κ2) is 5.31. The molecule has 3 nitrogen and oxygen atoms in total. The monoisotopic (exact) mass is 304 g/mol. The van der Waals surface area contributed by atoms with Crippen LogP contribution in [0.3, 0.4) is 0 Å². The van der Waals surface area contributed by atoms with Crippen LogP contribution in [0.25, 0.3) is 10.2 Å². The summed E-state index contributed by atoms with van der Waals surface area (Å²) in [7, 11) is 0. The van der Waals surface area contributed by atoms with Gasteiger partial charge in [0.25, 0.3) is 0 Å². The molecular weight excluding hydrogens is 292 g/mol. The number of nitrogens with two attached hydrogens (primary N) is 1. The quantitative estimate of drug-likeness (QED) is 0.729. The van der Waals surface area contributed by atoms with Crippen molar-refractivity contribution in [2.24, 2.45) is 0 Å². The van der Waals surface area contributed by atoms with Crippen LogP contribution in [0.15, 0.2) is 36.4 Å². The third kappa shape index (κ3) is 2.71. The van der Waals surface area contributed by atoms with Crippen LogP contribution in [-0.2, 0) is 6.61 Å². The zero-order valence-corrected chi connectivity index (χ0v) is 12.5. The summed E-state index contributed by atoms with van der Waals surface area (Å²) in [6.45, 7) is 2.41. The molecular formula is C15H13ClN2OS. The Labute approximate surface area is 126 Å². The van der Waals surface area contributed by atoms with E-state index in [-0.39, 0.29) is 0 Å². The average Bonchev–Trinajstić information content (AvgIpc) is 2.75. The molecule has 102 valence electrons. The first-order valence-corrected chi connectivity index (χ1v) is 7.35. The van der Waals surface area contributed by atoms with E-state index in [1.54, 1.807) is 11.3 Å². The van der Waals surface area contributed by atoms with Crippen LogP contribution in [0.5, 0.6) is 5.75 Å². The highest BCUT2D eigenvalue weighted by atomic mass is 35.5. The highest BCUT2D eigenvalue weighted by molar-refractivity contribution is 7.18. The number of anilines is 1. The van der Waals surface area contributed by atoms with Gasteiger partial charge in [0.05, 0.1) is 20.9 Å². The van der Waals surface area contributed by atoms with E-state index in [0.29, 0.717) is 23.1 Å². The predicted octanol–water partition coefficient (Wildman–Crippen LogP) is 4.42. The lowest BCUT2D eigenvalue weighted by Gasteiger charge is -2.09. The lowest BCUT2D eigenvalue weighted by Crippen LogP contribution is -1.98. The number of benzene rings is 2. The van der Waals surface area contributed by atoms with Crippen molar-refractivity contribution in [2.75, 3.05) is 5.73 Å². The molecule has 0 amide bonds. The van der Waals surface area contributed by atoms with Gasteiger partial charge in [0.15, 0.2) is 0 Å². The van der Waals surface area contributed by atoms with Gasteiger partial charge in [0, 0.05) is 11.1 Å². The number of hydrogen-bond acceptors (Lipinski definition) is 4. The topological polar surface area (TPSA) is 48.1 Å². The molecule has 5 heteroatoms. The smallest absolute Gasteiger partial charge is 0.144 e. The minimum atomic E-state index is 0.430. The number of aromatic nitrogens is 1. The molecule has 2 aromatic carbocycles. The van der Waals surface area contributed by atoms with Crippen molar-refractivity contribution in [1.82, 2.24) is 4.98 Å². The highest BCUT2D eigenvalue weighted by Crippen LogP contribution is 2.31. The van der Waals surface area contributed by atoms with E-state index in [1.807, 2.05) is 43.3 Å². The fourth-order valence-corrected chi connectivity index (χ4v) is 3.07. The summed E-state index contributed by atoms with van der Waals surface area (Å²) in [4.78, 5) is 4.45. The minimum Gasteiger partial charge on any atom is -0.487 e. The number of halogens is 1. The van der Waals surface area contributed by atoms with Gasteiger partial charge >= 0.3 is 0 Å². The molecule has 0 fully saturated rings. The molecule has 0 unspecified atom stereocenters. The van der Waals surface area contributed by atoms with Crippen LogP contribution >= 0.6 is 22.9 Å². The fraction of sp³-hybridized carbons (Fsp3) is 0.133. The lowest BCUT2D eigenvalue weighted by molar-refractivity contribution is 0.308. The molecule has 3 aromatic rings. The standard InChI is InChI=1S/C15H13ClN2OS/c1-9-18-13-7-14(12(17)6-15(13)20-9)19-8-10-3-2-4-11(16)5-10/h2-7H,8,17H2,1H3. The first kappa shape index (κ1) is 13.2. The minimum absolute atomic E-state index is 0.430. The van der Waals surface area contributed by atoms with Gasteiger partial charge in [-0.15, -0.1) is 11.3 Å². The lowest BCUT2D eigenvalue weighted by atomic mass is 10.2. The van der Waals surface area contributed by atoms with E-state index in [9.17, 15) is 0 Å². The first-order chi connectivity index (χ1) is 9.61. The Morgan fingerprint density at radius 2 is 2.15 bits per heavy atom. The van der Waals surface area contributed by atoms with Crippen molar-refractivity contribution < 1.29 is 4.74 Å². The Morgan fingerprint density at radius 3 is 2.95 bits per heavy atom. The number of nitrogen functional groups attached to an aromatic ring is 1. The summed E-state index contributed by atoms with van der Waals surface area (Å²) >= 11 is 7.58. The van der Waals surface area contributed by atoms with Crippen molar-refractivity contribution >= 4 is 38.8 Å². The van der Waals surface area contributed by atoms with Crippen molar-refractivity contribution in [1.29, 1.82) is 0 Å². The molecule has 0 spiro atoms. The van der Waals surface area contributed by atoms with Gasteiger partial charge in [-0.05, 0) is 30.7 Å². The molecule has 0 radical (unpaired) electrons. The average molecular weight is 305 g/mol. The molecule has 2 N–H and O–H groups in total. The molecule has 20 heavy (non-hydrogen) atoms. The van der Waals surface area contributed by atoms with E-state index in [0.717, 1.165) is 20.8 Å². The summed E-state index contributed by atoms with van der Waals surface area (Å²) in [5, 5.41) is 1.72. The Hall–Kier alpha value is -1.78. The predicted molar refractivity (Wildman–Crippen MR) is 84.6 cm³/mol. The normalized spacial score (nSPS) is 10.9. The Kier molecular flexibility index (Phi) is 3.51. The summed E-state index contributed by atoms with van der Waals surface area (Å²) in [5.74, 6) is 0.655. The molecule has 0 atom stereocenters. The fourth-order valence-electron chi connectivity index (χ4n) is 2.00. The largest absolute Gasteiger partial charge is 0.487 e. The molecule has 3 rings (SSSR count). The molecule has 0 aliphatic rings. The maximum absolute atomic E-state index is 6.02. The molecule has 0 aliphatic carbocycles. The molecule has 0 bridgehead atoms.